The summed E-state index contributed by atoms with van der Waals surface area (Å²) in [4.78, 5) is 23.4. The van der Waals surface area contributed by atoms with Gasteiger partial charge in [0.25, 0.3) is 0 Å². The van der Waals surface area contributed by atoms with Crippen molar-refractivity contribution in [2.24, 2.45) is 0 Å². The van der Waals surface area contributed by atoms with Crippen LogP contribution in [0.4, 0.5) is 0 Å². The number of rotatable bonds is 2. The monoisotopic (exact) mass is 181 g/mol. The first-order chi connectivity index (χ1) is 6.17. The molecule has 0 saturated carbocycles. The summed E-state index contributed by atoms with van der Waals surface area (Å²) < 4.78 is 4.37. The van der Waals surface area contributed by atoms with Crippen molar-refractivity contribution in [1.82, 2.24) is 4.90 Å². The lowest BCUT2D eigenvalue weighted by Crippen LogP contribution is -2.47. The van der Waals surface area contributed by atoms with E-state index in [0.717, 1.165) is 6.42 Å². The van der Waals surface area contributed by atoms with Gasteiger partial charge in [0.2, 0.25) is 0 Å². The fourth-order valence-electron chi connectivity index (χ4n) is 1.28. The van der Waals surface area contributed by atoms with Crippen LogP contribution in [-0.4, -0.2) is 36.0 Å². The number of nitrogens with zero attached hydrogens (tertiary/aromatic N) is 1. The average Bonchev–Trinajstić information content (AvgIpc) is 2.04. The molecule has 0 spiro atoms. The number of terminal acetylenes is 1. The molecule has 0 bridgehead atoms. The summed E-state index contributed by atoms with van der Waals surface area (Å²) in [6.45, 7) is 2.12. The first-order valence-corrected chi connectivity index (χ1v) is 4.11. The standard InChI is InChI=1S/C9H11NO3/c1-3-7(4-2)10-5-8(11)13-9(12)6-10/h1,7H,4-6H2,2H3. The lowest BCUT2D eigenvalue weighted by atomic mass is 10.2. The topological polar surface area (TPSA) is 46.6 Å². The molecule has 1 rings (SSSR count). The normalized spacial score (nSPS) is 20.6. The van der Waals surface area contributed by atoms with Crippen molar-refractivity contribution in [3.63, 3.8) is 0 Å². The zero-order valence-electron chi connectivity index (χ0n) is 7.45. The van der Waals surface area contributed by atoms with Crippen molar-refractivity contribution in [3.05, 3.63) is 0 Å². The Labute approximate surface area is 76.8 Å². The van der Waals surface area contributed by atoms with Gasteiger partial charge in [0.05, 0.1) is 19.1 Å². The molecule has 1 heterocycles. The molecular weight excluding hydrogens is 170 g/mol. The molecule has 0 radical (unpaired) electrons. The van der Waals surface area contributed by atoms with Gasteiger partial charge in [-0.2, -0.15) is 0 Å². The lowest BCUT2D eigenvalue weighted by Gasteiger charge is -2.28. The van der Waals surface area contributed by atoms with Crippen LogP contribution in [-0.2, 0) is 14.3 Å². The van der Waals surface area contributed by atoms with Gasteiger partial charge < -0.3 is 4.74 Å². The van der Waals surface area contributed by atoms with Crippen LogP contribution in [0.25, 0.3) is 0 Å². The SMILES string of the molecule is C#CC(CC)N1CC(=O)OC(=O)C1. The maximum Gasteiger partial charge on any atom is 0.327 e. The molecule has 4 heteroatoms. The highest BCUT2D eigenvalue weighted by Gasteiger charge is 2.28. The molecular formula is C9H11NO3. The van der Waals surface area contributed by atoms with Crippen molar-refractivity contribution >= 4 is 11.9 Å². The molecule has 4 nitrogen and oxygen atoms in total. The second kappa shape index (κ2) is 4.06. The molecule has 1 atom stereocenters. The molecule has 0 aromatic rings. The Balaban J connectivity index is 2.65. The number of cyclic esters (lactones) is 2. The summed E-state index contributed by atoms with van der Waals surface area (Å²) in [5.41, 5.74) is 0. The average molecular weight is 181 g/mol. The van der Waals surface area contributed by atoms with Crippen molar-refractivity contribution in [2.45, 2.75) is 19.4 Å². The predicted molar refractivity (Wildman–Crippen MR) is 45.6 cm³/mol. The molecule has 0 aromatic heterocycles. The highest BCUT2D eigenvalue weighted by Crippen LogP contribution is 2.07. The van der Waals surface area contributed by atoms with E-state index >= 15 is 0 Å². The molecule has 0 amide bonds. The van der Waals surface area contributed by atoms with Gasteiger partial charge in [-0.25, -0.2) is 0 Å². The van der Waals surface area contributed by atoms with E-state index in [2.05, 4.69) is 10.7 Å². The van der Waals surface area contributed by atoms with Crippen molar-refractivity contribution < 1.29 is 14.3 Å². The summed E-state index contributed by atoms with van der Waals surface area (Å²) in [7, 11) is 0. The van der Waals surface area contributed by atoms with Gasteiger partial charge in [0, 0.05) is 0 Å². The van der Waals surface area contributed by atoms with Gasteiger partial charge in [-0.3, -0.25) is 14.5 Å². The fraction of sp³-hybridized carbons (Fsp3) is 0.556. The minimum atomic E-state index is -0.523. The Bertz CT molecular complexity index is 251. The second-order valence-electron chi connectivity index (χ2n) is 2.84. The Morgan fingerprint density at radius 1 is 1.54 bits per heavy atom. The van der Waals surface area contributed by atoms with Gasteiger partial charge >= 0.3 is 11.9 Å². The summed E-state index contributed by atoms with van der Waals surface area (Å²) in [6.07, 6.45) is 5.97. The lowest BCUT2D eigenvalue weighted by molar-refractivity contribution is -0.167. The van der Waals surface area contributed by atoms with Gasteiger partial charge in [-0.05, 0) is 6.42 Å². The minimum Gasteiger partial charge on any atom is -0.391 e. The van der Waals surface area contributed by atoms with E-state index in [4.69, 9.17) is 6.42 Å². The van der Waals surface area contributed by atoms with Crippen LogP contribution < -0.4 is 0 Å². The van der Waals surface area contributed by atoms with Crippen molar-refractivity contribution in [2.75, 3.05) is 13.1 Å². The maximum atomic E-state index is 10.9. The molecule has 1 unspecified atom stereocenters. The number of ether oxygens (including phenoxy) is 1. The van der Waals surface area contributed by atoms with Crippen molar-refractivity contribution in [1.29, 1.82) is 0 Å². The molecule has 1 saturated heterocycles. The van der Waals surface area contributed by atoms with E-state index in [1.165, 1.54) is 0 Å². The number of carbonyl (C=O) groups is 2. The number of carbonyl (C=O) groups excluding carboxylic acids is 2. The zero-order chi connectivity index (χ0) is 9.84. The maximum absolute atomic E-state index is 10.9. The van der Waals surface area contributed by atoms with E-state index in [1.807, 2.05) is 6.92 Å². The number of hydrogen-bond donors (Lipinski definition) is 0. The minimum absolute atomic E-state index is 0.106. The molecule has 0 aromatic carbocycles. The Hall–Kier alpha value is -1.34. The van der Waals surface area contributed by atoms with Crippen LogP contribution in [0.15, 0.2) is 0 Å². The van der Waals surface area contributed by atoms with E-state index in [9.17, 15) is 9.59 Å². The smallest absolute Gasteiger partial charge is 0.327 e. The molecule has 0 aliphatic carbocycles. The molecule has 1 fully saturated rings. The zero-order valence-corrected chi connectivity index (χ0v) is 7.45. The first-order valence-electron chi connectivity index (χ1n) is 4.11. The predicted octanol–water partition coefficient (Wildman–Crippen LogP) is -0.216. The molecule has 0 N–H and O–H groups in total. The second-order valence-corrected chi connectivity index (χ2v) is 2.84. The highest BCUT2D eigenvalue weighted by molar-refractivity contribution is 5.90. The van der Waals surface area contributed by atoms with Crippen LogP contribution in [0.3, 0.4) is 0 Å². The van der Waals surface area contributed by atoms with Gasteiger partial charge in [0.15, 0.2) is 0 Å². The third kappa shape index (κ3) is 2.30. The largest absolute Gasteiger partial charge is 0.391 e. The van der Waals surface area contributed by atoms with E-state index in [-0.39, 0.29) is 19.1 Å². The highest BCUT2D eigenvalue weighted by atomic mass is 16.6. The van der Waals surface area contributed by atoms with Gasteiger partial charge in [-0.15, -0.1) is 6.42 Å². The number of hydrogen-bond acceptors (Lipinski definition) is 4. The molecule has 1 aliphatic heterocycles. The van der Waals surface area contributed by atoms with Crippen LogP contribution in [0.1, 0.15) is 13.3 Å². The van der Waals surface area contributed by atoms with Crippen LogP contribution in [0, 0.1) is 12.3 Å². The van der Waals surface area contributed by atoms with E-state index in [1.54, 1.807) is 4.90 Å². The molecule has 1 aliphatic rings. The van der Waals surface area contributed by atoms with Crippen LogP contribution in [0.5, 0.6) is 0 Å². The van der Waals surface area contributed by atoms with Crippen LogP contribution >= 0.6 is 0 Å². The quantitative estimate of drug-likeness (QED) is 0.336. The Kier molecular flexibility index (Phi) is 3.04. The Morgan fingerprint density at radius 2 is 2.08 bits per heavy atom. The third-order valence-corrected chi connectivity index (χ3v) is 1.91. The van der Waals surface area contributed by atoms with Gasteiger partial charge in [-0.1, -0.05) is 12.8 Å². The third-order valence-electron chi connectivity index (χ3n) is 1.91. The van der Waals surface area contributed by atoms with Crippen molar-refractivity contribution in [3.8, 4) is 12.3 Å². The first kappa shape index (κ1) is 9.75. The number of esters is 2. The molecule has 13 heavy (non-hydrogen) atoms. The van der Waals surface area contributed by atoms with E-state index < -0.39 is 11.9 Å². The number of morpholine rings is 1. The van der Waals surface area contributed by atoms with E-state index in [0.29, 0.717) is 0 Å². The summed E-state index contributed by atoms with van der Waals surface area (Å²) >= 11 is 0. The summed E-state index contributed by atoms with van der Waals surface area (Å²) in [5, 5.41) is 0. The molecule has 70 valence electrons. The van der Waals surface area contributed by atoms with Crippen LogP contribution in [0.2, 0.25) is 0 Å². The summed E-state index contributed by atoms with van der Waals surface area (Å²) in [5.74, 6) is 1.48. The summed E-state index contributed by atoms with van der Waals surface area (Å²) in [6, 6.07) is -0.156. The Morgan fingerprint density at radius 3 is 2.46 bits per heavy atom. The fourth-order valence-corrected chi connectivity index (χ4v) is 1.28. The van der Waals surface area contributed by atoms with Gasteiger partial charge in [0.1, 0.15) is 0 Å².